The zero-order chi connectivity index (χ0) is 5.28. The Morgan fingerprint density at radius 1 is 2.00 bits per heavy atom. The van der Waals surface area contributed by atoms with Crippen LogP contribution in [0.4, 0.5) is 0 Å². The third-order valence-electron chi connectivity index (χ3n) is 0.657. The van der Waals surface area contributed by atoms with Crippen LogP contribution in [-0.4, -0.2) is 24.0 Å². The molecule has 0 spiro atoms. The van der Waals surface area contributed by atoms with Crippen molar-refractivity contribution in [2.24, 2.45) is 10.7 Å². The normalized spacial score (nSPS) is 29.3. The van der Waals surface area contributed by atoms with Crippen molar-refractivity contribution in [2.75, 3.05) is 6.61 Å². The first-order chi connectivity index (χ1) is 3.29. The van der Waals surface area contributed by atoms with Crippen molar-refractivity contribution in [3.8, 4) is 0 Å². The molecule has 0 bridgehead atoms. The Kier molecular flexibility index (Phi) is 0.867. The fraction of sp³-hybridized carbons (Fsp3) is 0.667. The maximum atomic E-state index is 8.51. The standard InChI is InChI=1S/C3H6N2O2/c4-3-5-2(6)1-7-3/h2,6H,1H2,(H2,4,5). The highest BCUT2D eigenvalue weighted by Crippen LogP contribution is 1.94. The zero-order valence-corrected chi connectivity index (χ0v) is 3.66. The summed E-state index contributed by atoms with van der Waals surface area (Å²) < 4.78 is 4.54. The topological polar surface area (TPSA) is 67.8 Å². The van der Waals surface area contributed by atoms with E-state index in [4.69, 9.17) is 10.8 Å². The predicted octanol–water partition coefficient (Wildman–Crippen LogP) is -1.35. The van der Waals surface area contributed by atoms with Gasteiger partial charge < -0.3 is 15.6 Å². The van der Waals surface area contributed by atoms with Crippen LogP contribution >= 0.6 is 0 Å². The summed E-state index contributed by atoms with van der Waals surface area (Å²) in [4.78, 5) is 3.42. The number of rotatable bonds is 0. The first-order valence-electron chi connectivity index (χ1n) is 1.93. The summed E-state index contributed by atoms with van der Waals surface area (Å²) in [5, 5.41) is 8.51. The van der Waals surface area contributed by atoms with Crippen molar-refractivity contribution >= 4 is 6.02 Å². The van der Waals surface area contributed by atoms with Gasteiger partial charge in [-0.3, -0.25) is 0 Å². The van der Waals surface area contributed by atoms with Crippen LogP contribution < -0.4 is 5.73 Å². The second-order valence-corrected chi connectivity index (χ2v) is 1.26. The molecule has 40 valence electrons. The van der Waals surface area contributed by atoms with E-state index >= 15 is 0 Å². The van der Waals surface area contributed by atoms with Crippen molar-refractivity contribution in [1.82, 2.24) is 0 Å². The van der Waals surface area contributed by atoms with Crippen LogP contribution in [0.25, 0.3) is 0 Å². The third kappa shape index (κ3) is 0.806. The minimum atomic E-state index is -0.736. The van der Waals surface area contributed by atoms with Crippen LogP contribution in [0.15, 0.2) is 4.99 Å². The maximum Gasteiger partial charge on any atom is 0.284 e. The van der Waals surface area contributed by atoms with E-state index in [9.17, 15) is 0 Å². The molecular formula is C3H6N2O2. The van der Waals surface area contributed by atoms with Gasteiger partial charge in [0.25, 0.3) is 6.02 Å². The number of nitrogens with zero attached hydrogens (tertiary/aromatic N) is 1. The number of aliphatic hydroxyl groups is 1. The minimum absolute atomic E-state index is 0.0764. The number of amidine groups is 1. The van der Waals surface area contributed by atoms with E-state index in [0.717, 1.165) is 0 Å². The Hall–Kier alpha value is -0.770. The molecule has 0 fully saturated rings. The molecule has 0 saturated heterocycles. The molecule has 0 aliphatic carbocycles. The van der Waals surface area contributed by atoms with Gasteiger partial charge in [0.1, 0.15) is 6.61 Å². The van der Waals surface area contributed by atoms with E-state index in [-0.39, 0.29) is 12.6 Å². The van der Waals surface area contributed by atoms with E-state index < -0.39 is 6.23 Å². The van der Waals surface area contributed by atoms with Crippen molar-refractivity contribution in [2.45, 2.75) is 6.23 Å². The summed E-state index contributed by atoms with van der Waals surface area (Å²) in [6, 6.07) is 0.0764. The first kappa shape index (κ1) is 4.39. The summed E-state index contributed by atoms with van der Waals surface area (Å²) >= 11 is 0. The van der Waals surface area contributed by atoms with Crippen LogP contribution in [0, 0.1) is 0 Å². The second kappa shape index (κ2) is 1.38. The lowest BCUT2D eigenvalue weighted by atomic mass is 10.7. The van der Waals surface area contributed by atoms with Crippen LogP contribution in [0.5, 0.6) is 0 Å². The van der Waals surface area contributed by atoms with Crippen LogP contribution in [0.2, 0.25) is 0 Å². The summed E-state index contributed by atoms with van der Waals surface area (Å²) in [6.07, 6.45) is -0.736. The maximum absolute atomic E-state index is 8.51. The fourth-order valence-corrected chi connectivity index (χ4v) is 0.381. The van der Waals surface area contributed by atoms with Gasteiger partial charge in [0.15, 0.2) is 6.23 Å². The SMILES string of the molecule is NC1=NC(O)CO1. The summed E-state index contributed by atoms with van der Waals surface area (Å²) in [7, 11) is 0. The van der Waals surface area contributed by atoms with Crippen molar-refractivity contribution in [1.29, 1.82) is 0 Å². The molecule has 0 saturated carbocycles. The van der Waals surface area contributed by atoms with Gasteiger partial charge in [-0.05, 0) is 0 Å². The smallest absolute Gasteiger partial charge is 0.284 e. The number of nitrogens with two attached hydrogens (primary N) is 1. The van der Waals surface area contributed by atoms with Crippen LogP contribution in [0.3, 0.4) is 0 Å². The molecule has 0 aromatic rings. The Labute approximate surface area is 40.6 Å². The average Bonchev–Trinajstić information content (AvgIpc) is 1.87. The zero-order valence-electron chi connectivity index (χ0n) is 3.66. The van der Waals surface area contributed by atoms with E-state index in [0.29, 0.717) is 0 Å². The van der Waals surface area contributed by atoms with Crippen molar-refractivity contribution in [3.05, 3.63) is 0 Å². The predicted molar refractivity (Wildman–Crippen MR) is 23.6 cm³/mol. The molecule has 7 heavy (non-hydrogen) atoms. The molecule has 0 radical (unpaired) electrons. The van der Waals surface area contributed by atoms with E-state index in [1.54, 1.807) is 0 Å². The summed E-state index contributed by atoms with van der Waals surface area (Å²) in [6.45, 7) is 0.200. The van der Waals surface area contributed by atoms with Crippen LogP contribution in [0.1, 0.15) is 0 Å². The highest BCUT2D eigenvalue weighted by Gasteiger charge is 2.10. The van der Waals surface area contributed by atoms with Gasteiger partial charge in [-0.1, -0.05) is 0 Å². The average molecular weight is 102 g/mol. The second-order valence-electron chi connectivity index (χ2n) is 1.26. The number of hydrogen-bond acceptors (Lipinski definition) is 4. The summed E-state index contributed by atoms with van der Waals surface area (Å²) in [5.74, 6) is 0. The quantitative estimate of drug-likeness (QED) is 0.397. The molecule has 0 aromatic heterocycles. The van der Waals surface area contributed by atoms with Gasteiger partial charge in [-0.15, -0.1) is 0 Å². The lowest BCUT2D eigenvalue weighted by Gasteiger charge is -1.89. The lowest BCUT2D eigenvalue weighted by Crippen LogP contribution is -2.10. The third-order valence-corrected chi connectivity index (χ3v) is 0.657. The molecule has 4 heteroatoms. The Balaban J connectivity index is 2.50. The Bertz CT molecular complexity index is 101. The molecule has 3 N–H and O–H groups in total. The number of ether oxygens (including phenoxy) is 1. The molecule has 1 heterocycles. The van der Waals surface area contributed by atoms with E-state index in [1.807, 2.05) is 0 Å². The number of aliphatic imine (C=N–C) groups is 1. The monoisotopic (exact) mass is 102 g/mol. The molecular weight excluding hydrogens is 96.0 g/mol. The van der Waals surface area contributed by atoms with Gasteiger partial charge in [-0.25, -0.2) is 4.99 Å². The summed E-state index contributed by atoms with van der Waals surface area (Å²) in [5.41, 5.74) is 4.99. The number of aliphatic hydroxyl groups excluding tert-OH is 1. The lowest BCUT2D eigenvalue weighted by molar-refractivity contribution is 0.139. The molecule has 1 unspecified atom stereocenters. The molecule has 1 aliphatic heterocycles. The molecule has 0 aromatic carbocycles. The van der Waals surface area contributed by atoms with Crippen LogP contribution in [-0.2, 0) is 4.74 Å². The van der Waals surface area contributed by atoms with Gasteiger partial charge in [0.05, 0.1) is 0 Å². The van der Waals surface area contributed by atoms with E-state index in [1.165, 1.54) is 0 Å². The molecule has 0 amide bonds. The van der Waals surface area contributed by atoms with Crippen molar-refractivity contribution in [3.63, 3.8) is 0 Å². The van der Waals surface area contributed by atoms with Gasteiger partial charge >= 0.3 is 0 Å². The van der Waals surface area contributed by atoms with E-state index in [2.05, 4.69) is 9.73 Å². The van der Waals surface area contributed by atoms with Crippen molar-refractivity contribution < 1.29 is 9.84 Å². The molecule has 4 nitrogen and oxygen atoms in total. The largest absolute Gasteiger partial charge is 0.461 e. The molecule has 1 atom stereocenters. The highest BCUT2D eigenvalue weighted by molar-refractivity contribution is 5.72. The number of hydrogen-bond donors (Lipinski definition) is 2. The Morgan fingerprint density at radius 2 is 2.71 bits per heavy atom. The Morgan fingerprint density at radius 3 is 2.86 bits per heavy atom. The highest BCUT2D eigenvalue weighted by atomic mass is 16.5. The van der Waals surface area contributed by atoms with Gasteiger partial charge in [0.2, 0.25) is 0 Å². The minimum Gasteiger partial charge on any atom is -0.461 e. The first-order valence-corrected chi connectivity index (χ1v) is 1.93. The molecule has 1 aliphatic rings. The molecule has 1 rings (SSSR count). The van der Waals surface area contributed by atoms with Gasteiger partial charge in [0, 0.05) is 0 Å². The fourth-order valence-electron chi connectivity index (χ4n) is 0.381. The van der Waals surface area contributed by atoms with Gasteiger partial charge in [-0.2, -0.15) is 0 Å².